The fourth-order valence-electron chi connectivity index (χ4n) is 2.96. The van der Waals surface area contributed by atoms with Gasteiger partial charge in [0.2, 0.25) is 0 Å². The van der Waals surface area contributed by atoms with Crippen molar-refractivity contribution < 1.29 is 9.53 Å². The summed E-state index contributed by atoms with van der Waals surface area (Å²) in [7, 11) is 0. The van der Waals surface area contributed by atoms with Gasteiger partial charge in [0, 0.05) is 11.6 Å². The minimum absolute atomic E-state index is 0.261. The van der Waals surface area contributed by atoms with Crippen molar-refractivity contribution in [2.75, 3.05) is 19.7 Å². The van der Waals surface area contributed by atoms with Gasteiger partial charge in [0.15, 0.2) is 0 Å². The first kappa shape index (κ1) is 22.2. The van der Waals surface area contributed by atoms with Crippen molar-refractivity contribution in [3.8, 4) is 0 Å². The second-order valence-electron chi connectivity index (χ2n) is 6.60. The molecule has 3 heteroatoms. The van der Waals surface area contributed by atoms with Crippen LogP contribution in [0, 0.1) is 0 Å². The lowest BCUT2D eigenvalue weighted by Gasteiger charge is -2.31. The third-order valence-corrected chi connectivity index (χ3v) is 4.19. The molecule has 23 heavy (non-hydrogen) atoms. The molecule has 0 aliphatic carbocycles. The van der Waals surface area contributed by atoms with Gasteiger partial charge in [-0.15, -0.1) is 0 Å². The number of unbranched alkanes of at least 4 members (excludes halogenated alkanes) is 3. The van der Waals surface area contributed by atoms with E-state index in [2.05, 4.69) is 32.3 Å². The molecular weight excluding hydrogens is 286 g/mol. The van der Waals surface area contributed by atoms with Crippen LogP contribution in [-0.2, 0) is 9.53 Å². The normalized spacial score (nSPS) is 12.4. The van der Waals surface area contributed by atoms with Crippen LogP contribution in [0.5, 0.6) is 0 Å². The quantitative estimate of drug-likeness (QED) is 0.231. The van der Waals surface area contributed by atoms with Gasteiger partial charge in [-0.3, -0.25) is 0 Å². The summed E-state index contributed by atoms with van der Waals surface area (Å²) < 4.78 is 5.19. The molecule has 0 spiro atoms. The first-order chi connectivity index (χ1) is 11.1. The Bertz CT molecular complexity index is 309. The summed E-state index contributed by atoms with van der Waals surface area (Å²) in [6, 6.07) is 0.693. The molecule has 0 fully saturated rings. The van der Waals surface area contributed by atoms with Gasteiger partial charge in [-0.25, -0.2) is 4.79 Å². The van der Waals surface area contributed by atoms with Crippen LogP contribution in [0.15, 0.2) is 12.2 Å². The molecule has 0 aliphatic rings. The average Bonchev–Trinajstić information content (AvgIpc) is 2.52. The number of nitrogens with zero attached hydrogens (tertiary/aromatic N) is 1. The number of esters is 1. The van der Waals surface area contributed by atoms with Crippen molar-refractivity contribution in [3.05, 3.63) is 12.2 Å². The van der Waals surface area contributed by atoms with Gasteiger partial charge in [-0.1, -0.05) is 46.6 Å². The zero-order chi connectivity index (χ0) is 17.5. The standard InChI is InChI=1S/C20H39NO2/c1-6-9-10-13-19(21(15-7-2)16-8-3)14-11-12-17-23-20(22)18(4)5/h19H,4,6-17H2,1-3,5H3. The van der Waals surface area contributed by atoms with Crippen LogP contribution in [0.2, 0.25) is 0 Å². The number of ether oxygens (including phenoxy) is 1. The van der Waals surface area contributed by atoms with Crippen molar-refractivity contribution in [2.24, 2.45) is 0 Å². The van der Waals surface area contributed by atoms with Gasteiger partial charge in [-0.05, 0) is 58.5 Å². The topological polar surface area (TPSA) is 29.5 Å². The Labute approximate surface area is 144 Å². The summed E-state index contributed by atoms with van der Waals surface area (Å²) in [6.45, 7) is 15.0. The van der Waals surface area contributed by atoms with Crippen LogP contribution < -0.4 is 0 Å². The molecule has 0 aromatic carbocycles. The summed E-state index contributed by atoms with van der Waals surface area (Å²) in [5.74, 6) is -0.261. The molecule has 0 radical (unpaired) electrons. The molecule has 0 amide bonds. The van der Waals surface area contributed by atoms with E-state index in [4.69, 9.17) is 4.74 Å². The maximum absolute atomic E-state index is 11.4. The van der Waals surface area contributed by atoms with Crippen molar-refractivity contribution in [1.82, 2.24) is 4.90 Å². The van der Waals surface area contributed by atoms with Gasteiger partial charge < -0.3 is 9.64 Å². The summed E-state index contributed by atoms with van der Waals surface area (Å²) in [5.41, 5.74) is 0.486. The Balaban J connectivity index is 4.22. The van der Waals surface area contributed by atoms with Gasteiger partial charge >= 0.3 is 5.97 Å². The number of hydrogen-bond donors (Lipinski definition) is 0. The third-order valence-electron chi connectivity index (χ3n) is 4.19. The molecule has 0 saturated carbocycles. The molecular formula is C20H39NO2. The minimum Gasteiger partial charge on any atom is -0.462 e. The molecule has 0 bridgehead atoms. The Morgan fingerprint density at radius 1 is 0.957 bits per heavy atom. The van der Waals surface area contributed by atoms with Crippen LogP contribution in [0.25, 0.3) is 0 Å². The summed E-state index contributed by atoms with van der Waals surface area (Å²) in [5, 5.41) is 0. The fourth-order valence-corrected chi connectivity index (χ4v) is 2.96. The van der Waals surface area contributed by atoms with Crippen LogP contribution in [0.1, 0.15) is 85.5 Å². The van der Waals surface area contributed by atoms with Gasteiger partial charge in [0.05, 0.1) is 6.61 Å². The van der Waals surface area contributed by atoms with E-state index >= 15 is 0 Å². The van der Waals surface area contributed by atoms with Crippen molar-refractivity contribution >= 4 is 5.97 Å². The predicted molar refractivity (Wildman–Crippen MR) is 99.7 cm³/mol. The Morgan fingerprint density at radius 2 is 1.52 bits per heavy atom. The zero-order valence-electron chi connectivity index (χ0n) is 16.0. The lowest BCUT2D eigenvalue weighted by molar-refractivity contribution is -0.139. The molecule has 1 atom stereocenters. The molecule has 0 saturated heterocycles. The highest BCUT2D eigenvalue weighted by Gasteiger charge is 2.16. The van der Waals surface area contributed by atoms with Crippen molar-refractivity contribution in [3.63, 3.8) is 0 Å². The SMILES string of the molecule is C=C(C)C(=O)OCCCCC(CCCCC)N(CCC)CCC. The molecule has 0 aromatic heterocycles. The highest BCUT2D eigenvalue weighted by atomic mass is 16.5. The lowest BCUT2D eigenvalue weighted by atomic mass is 10.0. The smallest absolute Gasteiger partial charge is 0.333 e. The maximum atomic E-state index is 11.4. The highest BCUT2D eigenvalue weighted by Crippen LogP contribution is 2.17. The number of carbonyl (C=O) groups is 1. The van der Waals surface area contributed by atoms with Crippen LogP contribution in [-0.4, -0.2) is 36.6 Å². The fraction of sp³-hybridized carbons (Fsp3) is 0.850. The highest BCUT2D eigenvalue weighted by molar-refractivity contribution is 5.86. The maximum Gasteiger partial charge on any atom is 0.333 e. The summed E-state index contributed by atoms with van der Waals surface area (Å²) in [4.78, 5) is 14.0. The molecule has 0 aliphatic heterocycles. The minimum atomic E-state index is -0.261. The van der Waals surface area contributed by atoms with Crippen molar-refractivity contribution in [1.29, 1.82) is 0 Å². The van der Waals surface area contributed by atoms with Gasteiger partial charge in [-0.2, -0.15) is 0 Å². The molecule has 0 rings (SSSR count). The van der Waals surface area contributed by atoms with E-state index in [1.807, 2.05) is 0 Å². The molecule has 136 valence electrons. The third kappa shape index (κ3) is 11.4. The Kier molecular flexibility index (Phi) is 14.2. The van der Waals surface area contributed by atoms with E-state index in [1.54, 1.807) is 6.92 Å². The summed E-state index contributed by atoms with van der Waals surface area (Å²) >= 11 is 0. The van der Waals surface area contributed by atoms with Gasteiger partial charge in [0.1, 0.15) is 0 Å². The first-order valence-corrected chi connectivity index (χ1v) is 9.63. The second-order valence-corrected chi connectivity index (χ2v) is 6.60. The largest absolute Gasteiger partial charge is 0.462 e. The average molecular weight is 326 g/mol. The van der Waals surface area contributed by atoms with E-state index in [0.717, 1.165) is 12.8 Å². The zero-order valence-corrected chi connectivity index (χ0v) is 16.0. The van der Waals surface area contributed by atoms with Crippen LogP contribution in [0.4, 0.5) is 0 Å². The number of carbonyl (C=O) groups excluding carboxylic acids is 1. The van der Waals surface area contributed by atoms with E-state index in [9.17, 15) is 4.79 Å². The molecule has 1 unspecified atom stereocenters. The first-order valence-electron chi connectivity index (χ1n) is 9.63. The van der Waals surface area contributed by atoms with Crippen LogP contribution in [0.3, 0.4) is 0 Å². The second kappa shape index (κ2) is 14.7. The van der Waals surface area contributed by atoms with E-state index in [1.165, 1.54) is 58.0 Å². The lowest BCUT2D eigenvalue weighted by Crippen LogP contribution is -2.36. The van der Waals surface area contributed by atoms with E-state index in [-0.39, 0.29) is 5.97 Å². The monoisotopic (exact) mass is 325 g/mol. The molecule has 0 N–H and O–H groups in total. The van der Waals surface area contributed by atoms with E-state index < -0.39 is 0 Å². The molecule has 3 nitrogen and oxygen atoms in total. The Morgan fingerprint density at radius 3 is 2.00 bits per heavy atom. The van der Waals surface area contributed by atoms with Crippen LogP contribution >= 0.6 is 0 Å². The number of rotatable bonds is 15. The van der Waals surface area contributed by atoms with Crippen molar-refractivity contribution in [2.45, 2.75) is 91.5 Å². The molecule has 0 aromatic rings. The number of hydrogen-bond acceptors (Lipinski definition) is 3. The summed E-state index contributed by atoms with van der Waals surface area (Å²) in [6.07, 6.45) is 11.0. The predicted octanol–water partition coefficient (Wildman–Crippen LogP) is 5.35. The van der Waals surface area contributed by atoms with Gasteiger partial charge in [0.25, 0.3) is 0 Å². The van der Waals surface area contributed by atoms with E-state index in [0.29, 0.717) is 18.2 Å². The molecule has 0 heterocycles. The Hall–Kier alpha value is -0.830.